The monoisotopic (exact) mass is 518 g/mol. The third kappa shape index (κ3) is 4.08. The van der Waals surface area contributed by atoms with Crippen molar-refractivity contribution in [3.05, 3.63) is 101 Å². The van der Waals surface area contributed by atoms with E-state index in [4.69, 9.17) is 33.3 Å². The van der Waals surface area contributed by atoms with Crippen LogP contribution in [0.2, 0.25) is 5.02 Å². The molecule has 2 atom stereocenters. The van der Waals surface area contributed by atoms with Crippen molar-refractivity contribution in [1.82, 2.24) is 14.9 Å². The maximum atomic E-state index is 6.61. The Balaban J connectivity index is 1.71. The molecule has 0 bridgehead atoms. The number of benzene rings is 2. The number of methoxy groups -OCH3 is 2. The van der Waals surface area contributed by atoms with Crippen LogP contribution in [0.3, 0.4) is 0 Å². The van der Waals surface area contributed by atoms with Gasteiger partial charge in [-0.25, -0.2) is 0 Å². The van der Waals surface area contributed by atoms with E-state index in [-0.39, 0.29) is 12.1 Å². The molecule has 2 aromatic heterocycles. The van der Waals surface area contributed by atoms with Crippen molar-refractivity contribution < 1.29 is 9.47 Å². The van der Waals surface area contributed by atoms with Gasteiger partial charge in [0.15, 0.2) is 5.11 Å². The van der Waals surface area contributed by atoms with Gasteiger partial charge in [-0.3, -0.25) is 4.98 Å². The van der Waals surface area contributed by atoms with Gasteiger partial charge in [0, 0.05) is 23.7 Å². The fourth-order valence-corrected chi connectivity index (χ4v) is 5.56. The zero-order valence-electron chi connectivity index (χ0n) is 20.5. The molecule has 1 aliphatic rings. The van der Waals surface area contributed by atoms with Crippen molar-refractivity contribution in [2.75, 3.05) is 19.1 Å². The largest absolute Gasteiger partial charge is 0.497 e. The van der Waals surface area contributed by atoms with Gasteiger partial charge in [0.05, 0.1) is 48.4 Å². The van der Waals surface area contributed by atoms with Crippen LogP contribution in [0, 0.1) is 13.8 Å². The molecule has 0 radical (unpaired) electrons. The SMILES string of the molecule is COc1ccc(N2C(=S)N[C@@H](c3ccccn3)[C@H]2c2cc(C)n(-c3ccccc3Cl)c2C)c(OC)c1. The van der Waals surface area contributed by atoms with Crippen LogP contribution in [0.1, 0.15) is 34.7 Å². The summed E-state index contributed by atoms with van der Waals surface area (Å²) in [6.07, 6.45) is 1.81. The molecule has 0 aliphatic carbocycles. The van der Waals surface area contributed by atoms with E-state index in [1.807, 2.05) is 60.7 Å². The molecule has 1 N–H and O–H groups in total. The summed E-state index contributed by atoms with van der Waals surface area (Å²) < 4.78 is 13.4. The molecular weight excluding hydrogens is 492 g/mol. The number of aromatic nitrogens is 2. The van der Waals surface area contributed by atoms with Crippen LogP contribution in [-0.4, -0.2) is 28.9 Å². The van der Waals surface area contributed by atoms with E-state index in [9.17, 15) is 0 Å². The Morgan fingerprint density at radius 2 is 1.72 bits per heavy atom. The zero-order chi connectivity index (χ0) is 25.4. The second kappa shape index (κ2) is 9.84. The van der Waals surface area contributed by atoms with Gasteiger partial charge < -0.3 is 24.3 Å². The lowest BCUT2D eigenvalue weighted by Gasteiger charge is -2.29. The number of halogens is 1. The highest BCUT2D eigenvalue weighted by atomic mass is 35.5. The third-order valence-electron chi connectivity index (χ3n) is 6.63. The molecule has 5 rings (SSSR count). The second-order valence-corrected chi connectivity index (χ2v) is 9.44. The van der Waals surface area contributed by atoms with Crippen LogP contribution >= 0.6 is 23.8 Å². The van der Waals surface area contributed by atoms with Gasteiger partial charge in [0.2, 0.25) is 0 Å². The molecule has 6 nitrogen and oxygen atoms in total. The lowest BCUT2D eigenvalue weighted by Crippen LogP contribution is -2.30. The van der Waals surface area contributed by atoms with Gasteiger partial charge in [-0.2, -0.15) is 0 Å². The molecular formula is C28H27ClN4O2S. The van der Waals surface area contributed by atoms with Gasteiger partial charge in [0.1, 0.15) is 11.5 Å². The first-order valence-electron chi connectivity index (χ1n) is 11.6. The van der Waals surface area contributed by atoms with Crippen LogP contribution in [0.25, 0.3) is 5.69 Å². The lowest BCUT2D eigenvalue weighted by atomic mass is 9.96. The second-order valence-electron chi connectivity index (χ2n) is 8.65. The van der Waals surface area contributed by atoms with Gasteiger partial charge >= 0.3 is 0 Å². The molecule has 3 heterocycles. The van der Waals surface area contributed by atoms with Crippen molar-refractivity contribution in [1.29, 1.82) is 0 Å². The molecule has 0 amide bonds. The standard InChI is InChI=1S/C28H27ClN4O2S/c1-17-15-20(18(2)32(17)23-11-6-5-9-21(23)29)27-26(22-10-7-8-14-30-22)31-28(36)33(27)24-13-12-19(34-3)16-25(24)35-4/h5-16,26-27H,1-4H3,(H,31,36)/t26-,27+/m0/s1. The van der Waals surface area contributed by atoms with Crippen LogP contribution < -0.4 is 19.7 Å². The van der Waals surface area contributed by atoms with Crippen LogP contribution in [0.15, 0.2) is 72.9 Å². The molecule has 36 heavy (non-hydrogen) atoms. The van der Waals surface area contributed by atoms with Gasteiger partial charge in [-0.15, -0.1) is 0 Å². The van der Waals surface area contributed by atoms with Crippen molar-refractivity contribution in [3.8, 4) is 17.2 Å². The fraction of sp³-hybridized carbons (Fsp3) is 0.214. The highest BCUT2D eigenvalue weighted by Crippen LogP contribution is 2.47. The number of rotatable bonds is 6. The van der Waals surface area contributed by atoms with Gasteiger partial charge in [0.25, 0.3) is 0 Å². The zero-order valence-corrected chi connectivity index (χ0v) is 22.1. The Hall–Kier alpha value is -3.55. The lowest BCUT2D eigenvalue weighted by molar-refractivity contribution is 0.394. The average molecular weight is 519 g/mol. The average Bonchev–Trinajstić information content (AvgIpc) is 3.39. The van der Waals surface area contributed by atoms with E-state index in [0.29, 0.717) is 21.6 Å². The predicted molar refractivity (Wildman–Crippen MR) is 148 cm³/mol. The van der Waals surface area contributed by atoms with Gasteiger partial charge in [-0.05, 0) is 74.1 Å². The third-order valence-corrected chi connectivity index (χ3v) is 7.26. The summed E-state index contributed by atoms with van der Waals surface area (Å²) in [7, 11) is 3.29. The molecule has 0 spiro atoms. The predicted octanol–water partition coefficient (Wildman–Crippen LogP) is 6.34. The molecule has 0 saturated carbocycles. The maximum Gasteiger partial charge on any atom is 0.174 e. The quantitative estimate of drug-likeness (QED) is 0.301. The smallest absolute Gasteiger partial charge is 0.174 e. The molecule has 1 fully saturated rings. The topological polar surface area (TPSA) is 51.5 Å². The minimum absolute atomic E-state index is 0.175. The van der Waals surface area contributed by atoms with E-state index in [2.05, 4.69) is 39.7 Å². The Bertz CT molecular complexity index is 1420. The first kappa shape index (κ1) is 24.2. The summed E-state index contributed by atoms with van der Waals surface area (Å²) in [5, 5.41) is 4.82. The fourth-order valence-electron chi connectivity index (χ4n) is 5.01. The normalized spacial score (nSPS) is 17.2. The molecule has 8 heteroatoms. The van der Waals surface area contributed by atoms with Crippen molar-refractivity contribution in [2.24, 2.45) is 0 Å². The summed E-state index contributed by atoms with van der Waals surface area (Å²) in [6.45, 7) is 4.21. The summed E-state index contributed by atoms with van der Waals surface area (Å²) in [6, 6.07) is 21.4. The molecule has 2 aromatic carbocycles. The Morgan fingerprint density at radius 3 is 2.42 bits per heavy atom. The maximum absolute atomic E-state index is 6.61. The molecule has 0 unspecified atom stereocenters. The number of pyridine rings is 1. The summed E-state index contributed by atoms with van der Waals surface area (Å²) in [5.74, 6) is 1.38. The number of anilines is 1. The Kier molecular flexibility index (Phi) is 6.60. The van der Waals surface area contributed by atoms with Crippen molar-refractivity contribution in [3.63, 3.8) is 0 Å². The van der Waals surface area contributed by atoms with E-state index in [0.717, 1.165) is 34.0 Å². The molecule has 1 aliphatic heterocycles. The van der Waals surface area contributed by atoms with E-state index in [1.165, 1.54) is 0 Å². The van der Waals surface area contributed by atoms with Crippen LogP contribution in [0.4, 0.5) is 5.69 Å². The highest BCUT2D eigenvalue weighted by Gasteiger charge is 2.43. The minimum atomic E-state index is -0.183. The number of nitrogens with zero attached hydrogens (tertiary/aromatic N) is 3. The van der Waals surface area contributed by atoms with Crippen molar-refractivity contribution >= 4 is 34.6 Å². The number of thiocarbonyl (C=S) groups is 1. The number of hydrogen-bond acceptors (Lipinski definition) is 4. The summed E-state index contributed by atoms with van der Waals surface area (Å²) >= 11 is 12.5. The van der Waals surface area contributed by atoms with Crippen LogP contribution in [0.5, 0.6) is 11.5 Å². The Morgan fingerprint density at radius 1 is 0.944 bits per heavy atom. The molecule has 4 aromatic rings. The first-order chi connectivity index (χ1) is 17.4. The number of para-hydroxylation sites is 1. The first-order valence-corrected chi connectivity index (χ1v) is 12.4. The van der Waals surface area contributed by atoms with Crippen LogP contribution in [-0.2, 0) is 0 Å². The van der Waals surface area contributed by atoms with E-state index in [1.54, 1.807) is 20.4 Å². The highest BCUT2D eigenvalue weighted by molar-refractivity contribution is 7.80. The molecule has 184 valence electrons. The summed E-state index contributed by atoms with van der Waals surface area (Å²) in [5.41, 5.74) is 5.97. The Labute approximate surface area is 221 Å². The van der Waals surface area contributed by atoms with Gasteiger partial charge in [-0.1, -0.05) is 29.8 Å². The number of nitrogens with one attached hydrogen (secondary N) is 1. The number of aryl methyl sites for hydroxylation is 1. The van der Waals surface area contributed by atoms with Crippen molar-refractivity contribution in [2.45, 2.75) is 25.9 Å². The summed E-state index contributed by atoms with van der Waals surface area (Å²) in [4.78, 5) is 6.79. The number of ether oxygens (including phenoxy) is 2. The van der Waals surface area contributed by atoms with E-state index < -0.39 is 0 Å². The van der Waals surface area contributed by atoms with E-state index >= 15 is 0 Å². The minimum Gasteiger partial charge on any atom is -0.497 e. The number of hydrogen-bond donors (Lipinski definition) is 1. The molecule has 1 saturated heterocycles.